The van der Waals surface area contributed by atoms with Gasteiger partial charge in [-0.1, -0.05) is 12.7 Å². The van der Waals surface area contributed by atoms with Crippen molar-refractivity contribution in [2.24, 2.45) is 4.99 Å². The number of carbonyl (C=O) groups excluding carboxylic acids is 1. The average Bonchev–Trinajstić information content (AvgIpc) is 2.70. The van der Waals surface area contributed by atoms with Crippen molar-refractivity contribution in [2.45, 2.75) is 0 Å². The minimum atomic E-state index is 0.115. The summed E-state index contributed by atoms with van der Waals surface area (Å²) in [6.45, 7) is 5.14. The molecule has 4 heteroatoms. The molecule has 0 aromatic carbocycles. The van der Waals surface area contributed by atoms with Crippen molar-refractivity contribution in [1.29, 1.82) is 0 Å². The van der Waals surface area contributed by atoms with Crippen LogP contribution in [0, 0.1) is 0 Å². The Bertz CT molecular complexity index is 181. The fraction of sp³-hybridized carbons (Fsp3) is 0.333. The van der Waals surface area contributed by atoms with Crippen LogP contribution in [0.1, 0.15) is 0 Å². The second-order valence-corrected chi connectivity index (χ2v) is 1.95. The van der Waals surface area contributed by atoms with Gasteiger partial charge in [0, 0.05) is 0 Å². The summed E-state index contributed by atoms with van der Waals surface area (Å²) in [4.78, 5) is 13.3. The van der Waals surface area contributed by atoms with Crippen LogP contribution in [-0.2, 0) is 14.3 Å². The monoisotopic (exact) mass is 183 g/mol. The highest BCUT2D eigenvalue weighted by Crippen LogP contribution is 1.78. The molecule has 0 bridgehead atoms. The number of aldehydes is 1. The van der Waals surface area contributed by atoms with Gasteiger partial charge < -0.3 is 9.47 Å². The topological polar surface area (TPSA) is 47.9 Å². The van der Waals surface area contributed by atoms with Crippen LogP contribution < -0.4 is 0 Å². The highest BCUT2D eigenvalue weighted by molar-refractivity contribution is 5.50. The molecule has 0 aliphatic carbocycles. The van der Waals surface area contributed by atoms with Crippen LogP contribution in [0.15, 0.2) is 30.0 Å². The molecule has 0 radical (unpaired) electrons. The first-order valence-electron chi connectivity index (χ1n) is 3.84. The van der Waals surface area contributed by atoms with Gasteiger partial charge in [0.25, 0.3) is 0 Å². The molecule has 0 atom stereocenters. The van der Waals surface area contributed by atoms with Crippen molar-refractivity contribution >= 4 is 12.7 Å². The second-order valence-electron chi connectivity index (χ2n) is 1.95. The zero-order chi connectivity index (χ0) is 9.78. The Kier molecular flexibility index (Phi) is 9.15. The van der Waals surface area contributed by atoms with E-state index in [9.17, 15) is 4.79 Å². The van der Waals surface area contributed by atoms with E-state index < -0.39 is 0 Å². The molecule has 0 spiro atoms. The van der Waals surface area contributed by atoms with Gasteiger partial charge >= 0.3 is 0 Å². The van der Waals surface area contributed by atoms with Crippen LogP contribution in [0.25, 0.3) is 0 Å². The van der Waals surface area contributed by atoms with Gasteiger partial charge in [0.2, 0.25) is 0 Å². The van der Waals surface area contributed by atoms with E-state index in [2.05, 4.69) is 21.0 Å². The summed E-state index contributed by atoms with van der Waals surface area (Å²) in [5.74, 6) is 0. The molecule has 1 aliphatic rings. The quantitative estimate of drug-likeness (QED) is 0.282. The molecule has 0 aromatic rings. The number of allylic oxidation sites excluding steroid dienone is 2. The molecule has 13 heavy (non-hydrogen) atoms. The summed E-state index contributed by atoms with van der Waals surface area (Å²) in [7, 11) is 0. The van der Waals surface area contributed by atoms with Gasteiger partial charge in [-0.15, -0.1) is 0 Å². The Balaban J connectivity index is 0.000000243. The predicted molar refractivity (Wildman–Crippen MR) is 50.7 cm³/mol. The first-order chi connectivity index (χ1) is 6.41. The molecule has 0 N–H and O–H groups in total. The molecule has 1 heterocycles. The van der Waals surface area contributed by atoms with E-state index in [-0.39, 0.29) is 6.61 Å². The minimum Gasteiger partial charge on any atom is -0.494 e. The Labute approximate surface area is 77.6 Å². The molecule has 1 rings (SSSR count). The molecule has 0 aromatic heterocycles. The zero-order valence-electron chi connectivity index (χ0n) is 7.39. The summed E-state index contributed by atoms with van der Waals surface area (Å²) < 4.78 is 9.26. The van der Waals surface area contributed by atoms with Crippen molar-refractivity contribution in [3.8, 4) is 0 Å². The number of hydrogen-bond donors (Lipinski definition) is 0. The Morgan fingerprint density at radius 3 is 2.92 bits per heavy atom. The predicted octanol–water partition coefficient (Wildman–Crippen LogP) is 0.947. The third kappa shape index (κ3) is 10.4. The van der Waals surface area contributed by atoms with Crippen molar-refractivity contribution in [2.75, 3.05) is 19.8 Å². The number of aliphatic imine (C=N–C) groups is 1. The third-order valence-corrected chi connectivity index (χ3v) is 0.962. The fourth-order valence-electron chi connectivity index (χ4n) is 0.469. The molecule has 0 unspecified atom stereocenters. The number of ether oxygens (including phenoxy) is 2. The first kappa shape index (κ1) is 11.4. The first-order valence-corrected chi connectivity index (χ1v) is 3.84. The maximum atomic E-state index is 9.58. The van der Waals surface area contributed by atoms with Gasteiger partial charge in [0.15, 0.2) is 12.7 Å². The zero-order valence-corrected chi connectivity index (χ0v) is 7.39. The Morgan fingerprint density at radius 1 is 1.69 bits per heavy atom. The molecule has 72 valence electrons. The molecule has 0 amide bonds. The van der Waals surface area contributed by atoms with E-state index in [4.69, 9.17) is 0 Å². The average molecular weight is 183 g/mol. The van der Waals surface area contributed by atoms with Gasteiger partial charge in [0.1, 0.15) is 13.2 Å². The summed E-state index contributed by atoms with van der Waals surface area (Å²) in [6.07, 6.45) is 6.78. The van der Waals surface area contributed by atoms with E-state index >= 15 is 0 Å². The molecule has 0 fully saturated rings. The lowest BCUT2D eigenvalue weighted by Gasteiger charge is -1.86. The molecule has 4 nitrogen and oxygen atoms in total. The SMILES string of the molecule is C1=NCCO1.C=CC=COCC=O. The highest BCUT2D eigenvalue weighted by Gasteiger charge is 1.84. The maximum absolute atomic E-state index is 9.58. The van der Waals surface area contributed by atoms with Crippen molar-refractivity contribution in [3.63, 3.8) is 0 Å². The van der Waals surface area contributed by atoms with Gasteiger partial charge in [-0.2, -0.15) is 0 Å². The molecule has 0 saturated carbocycles. The van der Waals surface area contributed by atoms with Crippen molar-refractivity contribution in [1.82, 2.24) is 0 Å². The van der Waals surface area contributed by atoms with E-state index in [1.54, 1.807) is 12.2 Å². The van der Waals surface area contributed by atoms with Crippen LogP contribution in [-0.4, -0.2) is 32.4 Å². The van der Waals surface area contributed by atoms with Crippen LogP contribution >= 0.6 is 0 Å². The largest absolute Gasteiger partial charge is 0.494 e. The van der Waals surface area contributed by atoms with Crippen LogP contribution in [0.2, 0.25) is 0 Å². The third-order valence-electron chi connectivity index (χ3n) is 0.962. The number of carbonyl (C=O) groups is 1. The summed E-state index contributed by atoms with van der Waals surface area (Å²) in [5, 5.41) is 0. The maximum Gasteiger partial charge on any atom is 0.169 e. The molecule has 1 aliphatic heterocycles. The standard InChI is InChI=1S/C6H8O2.C3H5NO/c1-2-3-5-8-6-4-7;1-2-5-3-4-1/h2-5H,1,6H2;3H,1-2H2. The van der Waals surface area contributed by atoms with Gasteiger partial charge in [0.05, 0.1) is 12.8 Å². The number of nitrogens with zero attached hydrogens (tertiary/aromatic N) is 1. The van der Waals surface area contributed by atoms with Crippen molar-refractivity contribution < 1.29 is 14.3 Å². The summed E-state index contributed by atoms with van der Waals surface area (Å²) >= 11 is 0. The van der Waals surface area contributed by atoms with E-state index in [0.29, 0.717) is 6.29 Å². The fourth-order valence-corrected chi connectivity index (χ4v) is 0.469. The number of rotatable bonds is 4. The summed E-state index contributed by atoms with van der Waals surface area (Å²) in [6, 6.07) is 0. The molecular formula is C9H13NO3. The smallest absolute Gasteiger partial charge is 0.169 e. The lowest BCUT2D eigenvalue weighted by Crippen LogP contribution is -1.84. The lowest BCUT2D eigenvalue weighted by atomic mass is 10.6. The lowest BCUT2D eigenvalue weighted by molar-refractivity contribution is -0.110. The second kappa shape index (κ2) is 10.4. The Hall–Kier alpha value is -1.58. The van der Waals surface area contributed by atoms with E-state index in [1.165, 1.54) is 12.7 Å². The summed E-state index contributed by atoms with van der Waals surface area (Å²) in [5.41, 5.74) is 0. The van der Waals surface area contributed by atoms with E-state index in [1.807, 2.05) is 0 Å². The van der Waals surface area contributed by atoms with Gasteiger partial charge in [-0.05, 0) is 6.08 Å². The van der Waals surface area contributed by atoms with Crippen LogP contribution in [0.4, 0.5) is 0 Å². The molecular weight excluding hydrogens is 170 g/mol. The van der Waals surface area contributed by atoms with Gasteiger partial charge in [-0.3, -0.25) is 9.79 Å². The number of hydrogen-bond acceptors (Lipinski definition) is 4. The van der Waals surface area contributed by atoms with Crippen molar-refractivity contribution in [3.05, 3.63) is 25.0 Å². The minimum absolute atomic E-state index is 0.115. The normalized spacial score (nSPS) is 12.9. The molecule has 0 saturated heterocycles. The van der Waals surface area contributed by atoms with Crippen LogP contribution in [0.3, 0.4) is 0 Å². The van der Waals surface area contributed by atoms with E-state index in [0.717, 1.165) is 13.2 Å². The Morgan fingerprint density at radius 2 is 2.54 bits per heavy atom. The van der Waals surface area contributed by atoms with Crippen LogP contribution in [0.5, 0.6) is 0 Å². The highest BCUT2D eigenvalue weighted by atomic mass is 16.5. The van der Waals surface area contributed by atoms with Gasteiger partial charge in [-0.25, -0.2) is 0 Å².